The largest absolute Gasteiger partial charge is 0.481 e. The van der Waals surface area contributed by atoms with Crippen LogP contribution in [-0.4, -0.2) is 73.6 Å². The van der Waals surface area contributed by atoms with Gasteiger partial charge in [0.15, 0.2) is 5.65 Å². The molecule has 0 radical (unpaired) electrons. The number of carbonyl (C=O) groups is 4. The lowest BCUT2D eigenvalue weighted by atomic mass is 9.82. The molecule has 3 unspecified atom stereocenters. The van der Waals surface area contributed by atoms with Gasteiger partial charge in [0.1, 0.15) is 11.0 Å². The van der Waals surface area contributed by atoms with Crippen LogP contribution >= 0.6 is 11.6 Å². The summed E-state index contributed by atoms with van der Waals surface area (Å²) >= 11 is 6.05. The number of fused-ring (bicyclic) bond motifs is 2. The highest BCUT2D eigenvalue weighted by Gasteiger charge is 2.49. The van der Waals surface area contributed by atoms with Crippen LogP contribution in [0.15, 0.2) is 60.7 Å². The topological polar surface area (TPSA) is 161 Å². The highest BCUT2D eigenvalue weighted by Crippen LogP contribution is 2.44. The molecule has 2 aliphatic heterocycles. The van der Waals surface area contributed by atoms with Gasteiger partial charge in [-0.15, -0.1) is 0 Å². The van der Waals surface area contributed by atoms with Crippen molar-refractivity contribution in [3.05, 3.63) is 77.0 Å². The van der Waals surface area contributed by atoms with Gasteiger partial charge in [-0.05, 0) is 62.3 Å². The predicted octanol–water partition coefficient (Wildman–Crippen LogP) is 3.49. The highest BCUT2D eigenvalue weighted by atomic mass is 35.5. The zero-order valence-electron chi connectivity index (χ0n) is 20.8. The molecule has 1 aromatic carbocycles. The van der Waals surface area contributed by atoms with Gasteiger partial charge in [0.2, 0.25) is 0 Å². The Labute approximate surface area is 228 Å². The van der Waals surface area contributed by atoms with Crippen LogP contribution in [0.5, 0.6) is 0 Å². The van der Waals surface area contributed by atoms with Gasteiger partial charge in [0.25, 0.3) is 5.91 Å². The van der Waals surface area contributed by atoms with E-state index in [9.17, 15) is 24.3 Å². The molecule has 5 rings (SSSR count). The summed E-state index contributed by atoms with van der Waals surface area (Å²) in [6.45, 7) is 0.775. The molecule has 12 heteroatoms. The zero-order valence-corrected chi connectivity index (χ0v) is 21.5. The second-order valence-corrected chi connectivity index (χ2v) is 9.51. The first kappa shape index (κ1) is 27.7. The Kier molecular flexibility index (Phi) is 8.22. The lowest BCUT2D eigenvalue weighted by Gasteiger charge is -2.43. The van der Waals surface area contributed by atoms with Gasteiger partial charge in [-0.2, -0.15) is 0 Å². The number of likely N-dealkylation sites (tertiary alicyclic amines) is 1. The lowest BCUT2D eigenvalue weighted by Crippen LogP contribution is -2.53. The van der Waals surface area contributed by atoms with Crippen LogP contribution in [-0.2, 0) is 14.4 Å². The third kappa shape index (κ3) is 5.89. The van der Waals surface area contributed by atoms with E-state index in [4.69, 9.17) is 21.8 Å². The number of benzene rings is 1. The number of aromatic nitrogens is 2. The summed E-state index contributed by atoms with van der Waals surface area (Å²) in [5.74, 6) is -3.68. The first-order valence-electron chi connectivity index (χ1n) is 12.0. The number of carboxylic acids is 3. The van der Waals surface area contributed by atoms with E-state index in [0.29, 0.717) is 40.8 Å². The number of hydrogen-bond donors (Lipinski definition) is 3. The number of aliphatic carboxylic acids is 3. The maximum absolute atomic E-state index is 13.5. The Hall–Kier alpha value is -4.35. The molecule has 1 saturated heterocycles. The van der Waals surface area contributed by atoms with Crippen molar-refractivity contribution in [2.24, 2.45) is 5.92 Å². The van der Waals surface area contributed by atoms with Crippen LogP contribution in [0.1, 0.15) is 34.8 Å². The van der Waals surface area contributed by atoms with Crippen LogP contribution in [0.2, 0.25) is 5.15 Å². The lowest BCUT2D eigenvalue weighted by molar-refractivity contribution is -0.146. The third-order valence-corrected chi connectivity index (χ3v) is 6.92. The van der Waals surface area contributed by atoms with Crippen molar-refractivity contribution in [1.29, 1.82) is 0 Å². The van der Waals surface area contributed by atoms with E-state index in [0.717, 1.165) is 23.9 Å². The number of carboxylic acid groups (broad SMARTS) is 3. The summed E-state index contributed by atoms with van der Waals surface area (Å²) < 4.78 is 0. The molecule has 4 heterocycles. The summed E-state index contributed by atoms with van der Waals surface area (Å²) in [6, 6.07) is 13.7. The maximum atomic E-state index is 13.5. The Morgan fingerprint density at radius 3 is 2.31 bits per heavy atom. The number of nitrogens with zero attached hydrogens (tertiary/aromatic N) is 4. The molecule has 1 fully saturated rings. The standard InChI is InChI=1S/C23H21ClN4O3.C4H4O4/c1-27-12-4-7-16(23(30)31)19(27)20-14-5-2-3-6-15(14)22(29)28(20)18-11-9-13-8-10-17(24)25-21(13)26-18;5-3(6)1-2-4(7)8/h2-3,5-6,8-11,16,19-20H,4,7,12H2,1H3,(H,30,31);1-2H,(H,5,6)(H,7,8)/b;2-1+. The molecule has 3 N–H and O–H groups in total. The molecule has 2 aromatic heterocycles. The van der Waals surface area contributed by atoms with Crippen LogP contribution in [0.4, 0.5) is 5.82 Å². The van der Waals surface area contributed by atoms with Crippen molar-refractivity contribution in [2.75, 3.05) is 18.5 Å². The molecule has 3 atom stereocenters. The van der Waals surface area contributed by atoms with Gasteiger partial charge in [0.05, 0.1) is 12.0 Å². The van der Waals surface area contributed by atoms with Crippen molar-refractivity contribution < 1.29 is 34.5 Å². The molecule has 39 heavy (non-hydrogen) atoms. The fourth-order valence-electron chi connectivity index (χ4n) is 5.09. The minimum atomic E-state index is -1.26. The maximum Gasteiger partial charge on any atom is 0.328 e. The number of pyridine rings is 2. The first-order valence-corrected chi connectivity index (χ1v) is 12.4. The SMILES string of the molecule is CN1CCCC(C(=O)O)C1C1c2ccccc2C(=O)N1c1ccc2ccc(Cl)nc2n1.O=C(O)/C=C/C(=O)O. The van der Waals surface area contributed by atoms with Gasteiger partial charge in [0, 0.05) is 29.1 Å². The van der Waals surface area contributed by atoms with Gasteiger partial charge >= 0.3 is 17.9 Å². The molecule has 0 saturated carbocycles. The number of rotatable bonds is 5. The molecule has 3 aromatic rings. The zero-order chi connectivity index (χ0) is 28.3. The van der Waals surface area contributed by atoms with Gasteiger partial charge < -0.3 is 20.2 Å². The minimum Gasteiger partial charge on any atom is -0.481 e. The number of carbonyl (C=O) groups excluding carboxylic acids is 1. The van der Waals surface area contributed by atoms with Crippen molar-refractivity contribution in [1.82, 2.24) is 14.9 Å². The molecular weight excluding hydrogens is 528 g/mol. The van der Waals surface area contributed by atoms with Crippen LogP contribution in [0.25, 0.3) is 11.0 Å². The molecule has 11 nitrogen and oxygen atoms in total. The fourth-order valence-corrected chi connectivity index (χ4v) is 5.23. The highest BCUT2D eigenvalue weighted by molar-refractivity contribution is 6.29. The average molecular weight is 553 g/mol. The Bertz CT molecular complexity index is 1460. The number of halogens is 1. The first-order chi connectivity index (χ1) is 18.6. The summed E-state index contributed by atoms with van der Waals surface area (Å²) in [7, 11) is 1.93. The predicted molar refractivity (Wildman–Crippen MR) is 142 cm³/mol. The van der Waals surface area contributed by atoms with Gasteiger partial charge in [-0.1, -0.05) is 29.8 Å². The molecule has 0 bridgehead atoms. The van der Waals surface area contributed by atoms with E-state index in [2.05, 4.69) is 14.9 Å². The van der Waals surface area contributed by atoms with Crippen molar-refractivity contribution in [2.45, 2.75) is 24.9 Å². The fraction of sp³-hybridized carbons (Fsp3) is 0.259. The molecule has 0 spiro atoms. The monoisotopic (exact) mass is 552 g/mol. The number of anilines is 1. The summed E-state index contributed by atoms with van der Waals surface area (Å²) in [6.07, 6.45) is 2.50. The van der Waals surface area contributed by atoms with Crippen molar-refractivity contribution >= 4 is 52.3 Å². The number of likely N-dealkylation sites (N-methyl/N-ethyl adjacent to an activating group) is 1. The van der Waals surface area contributed by atoms with Gasteiger partial charge in [-0.3, -0.25) is 14.5 Å². The normalized spacial score (nSPS) is 20.9. The molecule has 1 amide bonds. The second-order valence-electron chi connectivity index (χ2n) is 9.13. The Morgan fingerprint density at radius 2 is 1.64 bits per heavy atom. The molecule has 202 valence electrons. The molecular formula is C27H25ClN4O7. The quantitative estimate of drug-likeness (QED) is 0.315. The van der Waals surface area contributed by atoms with Gasteiger partial charge in [-0.25, -0.2) is 19.6 Å². The number of hydrogen-bond acceptors (Lipinski definition) is 7. The van der Waals surface area contributed by atoms with Crippen LogP contribution in [0, 0.1) is 5.92 Å². The van der Waals surface area contributed by atoms with E-state index in [1.165, 1.54) is 0 Å². The average Bonchev–Trinajstić information content (AvgIpc) is 3.19. The summed E-state index contributed by atoms with van der Waals surface area (Å²) in [5.41, 5.74) is 1.86. The second kappa shape index (κ2) is 11.6. The Balaban J connectivity index is 0.000000386. The smallest absolute Gasteiger partial charge is 0.328 e. The summed E-state index contributed by atoms with van der Waals surface area (Å²) in [4.78, 5) is 57.4. The van der Waals surface area contributed by atoms with E-state index in [1.807, 2.05) is 37.4 Å². The third-order valence-electron chi connectivity index (χ3n) is 6.71. The van der Waals surface area contributed by atoms with Crippen LogP contribution in [0.3, 0.4) is 0 Å². The van der Waals surface area contributed by atoms with E-state index in [-0.39, 0.29) is 11.9 Å². The molecule has 2 aliphatic rings. The van der Waals surface area contributed by atoms with Crippen LogP contribution < -0.4 is 4.90 Å². The number of piperidine rings is 1. The molecule has 0 aliphatic carbocycles. The minimum absolute atomic E-state index is 0.183. The van der Waals surface area contributed by atoms with E-state index in [1.54, 1.807) is 23.1 Å². The number of amides is 1. The van der Waals surface area contributed by atoms with Crippen molar-refractivity contribution in [3.8, 4) is 0 Å². The van der Waals surface area contributed by atoms with E-state index >= 15 is 0 Å². The van der Waals surface area contributed by atoms with E-state index < -0.39 is 29.9 Å². The Morgan fingerprint density at radius 1 is 0.974 bits per heavy atom. The summed E-state index contributed by atoms with van der Waals surface area (Å²) in [5, 5.41) is 26.7. The van der Waals surface area contributed by atoms with Crippen molar-refractivity contribution in [3.63, 3.8) is 0 Å².